The Morgan fingerprint density at radius 2 is 1.96 bits per heavy atom. The van der Waals surface area contributed by atoms with E-state index < -0.39 is 15.9 Å². The Kier molecular flexibility index (Phi) is 5.01. The zero-order chi connectivity index (χ0) is 18.7. The van der Waals surface area contributed by atoms with Gasteiger partial charge in [-0.1, -0.05) is 6.07 Å². The average molecular weight is 378 g/mol. The smallest absolute Gasteiger partial charge is 0.276 e. The van der Waals surface area contributed by atoms with Gasteiger partial charge in [0.2, 0.25) is 0 Å². The number of hydrogen-bond acceptors (Lipinski definition) is 6. The molecule has 1 heterocycles. The number of nitrogens with zero attached hydrogens (tertiary/aromatic N) is 1. The van der Waals surface area contributed by atoms with Crippen molar-refractivity contribution in [1.82, 2.24) is 5.48 Å². The molecule has 0 spiro atoms. The molecule has 0 saturated heterocycles. The minimum absolute atomic E-state index is 0.00369. The molecule has 0 aromatic heterocycles. The molecule has 0 radical (unpaired) electrons. The van der Waals surface area contributed by atoms with Crippen molar-refractivity contribution in [2.24, 2.45) is 0 Å². The van der Waals surface area contributed by atoms with Crippen LogP contribution < -0.4 is 19.3 Å². The van der Waals surface area contributed by atoms with E-state index in [0.29, 0.717) is 18.8 Å². The molecule has 9 heteroatoms. The lowest BCUT2D eigenvalue weighted by molar-refractivity contribution is 0.0707. The summed E-state index contributed by atoms with van der Waals surface area (Å²) >= 11 is 0. The van der Waals surface area contributed by atoms with Crippen LogP contribution in [0.15, 0.2) is 47.4 Å². The van der Waals surface area contributed by atoms with Gasteiger partial charge in [0.1, 0.15) is 17.2 Å². The molecule has 0 unspecified atom stereocenters. The van der Waals surface area contributed by atoms with Crippen molar-refractivity contribution in [2.45, 2.75) is 11.3 Å². The van der Waals surface area contributed by atoms with Crippen LogP contribution in [0.3, 0.4) is 0 Å². The van der Waals surface area contributed by atoms with Gasteiger partial charge in [-0.25, -0.2) is 13.9 Å². The molecule has 0 bridgehead atoms. The number of rotatable bonds is 4. The second-order valence-corrected chi connectivity index (χ2v) is 7.41. The molecule has 26 heavy (non-hydrogen) atoms. The van der Waals surface area contributed by atoms with Gasteiger partial charge >= 0.3 is 0 Å². The van der Waals surface area contributed by atoms with Crippen LogP contribution in [0.1, 0.15) is 16.8 Å². The first kappa shape index (κ1) is 18.0. The molecule has 2 aromatic carbocycles. The number of benzene rings is 2. The maximum atomic E-state index is 13.2. The summed E-state index contributed by atoms with van der Waals surface area (Å²) in [7, 11) is -2.46. The van der Waals surface area contributed by atoms with Crippen LogP contribution in [0.4, 0.5) is 5.69 Å². The van der Waals surface area contributed by atoms with E-state index in [9.17, 15) is 13.2 Å². The molecule has 0 saturated carbocycles. The summed E-state index contributed by atoms with van der Waals surface area (Å²) in [5.41, 5.74) is 1.65. The Hall–Kier alpha value is -2.78. The summed E-state index contributed by atoms with van der Waals surface area (Å²) < 4.78 is 38.2. The number of hydroxylamine groups is 1. The van der Waals surface area contributed by atoms with Crippen molar-refractivity contribution in [3.8, 4) is 11.5 Å². The number of sulfonamides is 1. The highest BCUT2D eigenvalue weighted by Crippen LogP contribution is 2.38. The first-order chi connectivity index (χ1) is 12.5. The van der Waals surface area contributed by atoms with Crippen LogP contribution in [0.25, 0.3) is 0 Å². The van der Waals surface area contributed by atoms with Gasteiger partial charge in [-0.05, 0) is 36.4 Å². The second-order valence-electron chi connectivity index (χ2n) is 5.55. The summed E-state index contributed by atoms with van der Waals surface area (Å²) in [6.07, 6.45) is 0.449. The van der Waals surface area contributed by atoms with Gasteiger partial charge in [-0.3, -0.25) is 14.3 Å². The number of ether oxygens (including phenoxy) is 2. The summed E-state index contributed by atoms with van der Waals surface area (Å²) in [4.78, 5) is 12.1. The Labute approximate surface area is 151 Å². The van der Waals surface area contributed by atoms with Crippen molar-refractivity contribution in [3.05, 3.63) is 48.0 Å². The van der Waals surface area contributed by atoms with Crippen LogP contribution in [-0.2, 0) is 10.0 Å². The van der Waals surface area contributed by atoms with Gasteiger partial charge in [0.05, 0.1) is 24.2 Å². The number of hydrogen-bond donors (Lipinski definition) is 2. The Morgan fingerprint density at radius 1 is 1.23 bits per heavy atom. The average Bonchev–Trinajstić information content (AvgIpc) is 2.90. The van der Waals surface area contributed by atoms with E-state index in [4.69, 9.17) is 14.7 Å². The minimum Gasteiger partial charge on any atom is -0.497 e. The lowest BCUT2D eigenvalue weighted by Gasteiger charge is -2.25. The third kappa shape index (κ3) is 3.18. The molecule has 0 atom stereocenters. The highest BCUT2D eigenvalue weighted by molar-refractivity contribution is 7.92. The van der Waals surface area contributed by atoms with Gasteiger partial charge < -0.3 is 9.47 Å². The van der Waals surface area contributed by atoms with Crippen LogP contribution in [0.5, 0.6) is 11.5 Å². The van der Waals surface area contributed by atoms with E-state index in [1.807, 2.05) is 0 Å². The fourth-order valence-electron chi connectivity index (χ4n) is 2.76. The number of anilines is 1. The standard InChI is InChI=1S/C17H18N2O6S/c1-24-12-6-8-13(9-7-12)26(22,23)19-10-3-11-25-15-5-2-4-14(16(15)19)17(20)18-21/h2,4-9,21H,3,10-11H2,1H3,(H,18,20). The lowest BCUT2D eigenvalue weighted by Crippen LogP contribution is -2.34. The van der Waals surface area contributed by atoms with Crippen molar-refractivity contribution < 1.29 is 27.9 Å². The van der Waals surface area contributed by atoms with Crippen molar-refractivity contribution in [2.75, 3.05) is 24.6 Å². The molecule has 2 N–H and O–H groups in total. The molecule has 0 aliphatic carbocycles. The van der Waals surface area contributed by atoms with Crippen molar-refractivity contribution in [1.29, 1.82) is 0 Å². The molecule has 1 aliphatic heterocycles. The van der Waals surface area contributed by atoms with Gasteiger partial charge in [0, 0.05) is 13.0 Å². The van der Waals surface area contributed by atoms with Crippen LogP contribution >= 0.6 is 0 Å². The molecular formula is C17H18N2O6S. The predicted octanol–water partition coefficient (Wildman–Crippen LogP) is 1.79. The monoisotopic (exact) mass is 378 g/mol. The highest BCUT2D eigenvalue weighted by atomic mass is 32.2. The lowest BCUT2D eigenvalue weighted by atomic mass is 10.1. The molecule has 2 aromatic rings. The summed E-state index contributed by atoms with van der Waals surface area (Å²) in [6, 6.07) is 10.6. The molecule has 3 rings (SSSR count). The summed E-state index contributed by atoms with van der Waals surface area (Å²) in [5.74, 6) is -0.0214. The SMILES string of the molecule is COc1ccc(S(=O)(=O)N2CCCOc3cccc(C(=O)NO)c32)cc1. The zero-order valence-electron chi connectivity index (χ0n) is 14.0. The maximum Gasteiger partial charge on any atom is 0.276 e. The molecule has 1 amide bonds. The number of methoxy groups -OCH3 is 1. The quantitative estimate of drug-likeness (QED) is 0.621. The largest absolute Gasteiger partial charge is 0.497 e. The normalized spacial score (nSPS) is 14.0. The van der Waals surface area contributed by atoms with Gasteiger partial charge in [-0.15, -0.1) is 0 Å². The molecule has 138 valence electrons. The number of carbonyl (C=O) groups is 1. The minimum atomic E-state index is -3.95. The number of nitrogens with one attached hydrogen (secondary N) is 1. The molecule has 1 aliphatic rings. The van der Waals surface area contributed by atoms with Crippen molar-refractivity contribution >= 4 is 21.6 Å². The topological polar surface area (TPSA) is 105 Å². The van der Waals surface area contributed by atoms with E-state index in [-0.39, 0.29) is 28.4 Å². The zero-order valence-corrected chi connectivity index (χ0v) is 14.8. The van der Waals surface area contributed by atoms with E-state index in [2.05, 4.69) is 0 Å². The van der Waals surface area contributed by atoms with E-state index in [1.54, 1.807) is 29.7 Å². The Bertz CT molecular complexity index is 911. The predicted molar refractivity (Wildman–Crippen MR) is 93.3 cm³/mol. The fraction of sp³-hybridized carbons (Fsp3) is 0.235. The Balaban J connectivity index is 2.15. The fourth-order valence-corrected chi connectivity index (χ4v) is 4.29. The van der Waals surface area contributed by atoms with Crippen molar-refractivity contribution in [3.63, 3.8) is 0 Å². The first-order valence-electron chi connectivity index (χ1n) is 7.86. The molecule has 0 fully saturated rings. The van der Waals surface area contributed by atoms with Gasteiger partial charge in [-0.2, -0.15) is 0 Å². The Morgan fingerprint density at radius 3 is 2.62 bits per heavy atom. The molecule has 8 nitrogen and oxygen atoms in total. The van der Waals surface area contributed by atoms with Gasteiger partial charge in [0.25, 0.3) is 15.9 Å². The van der Waals surface area contributed by atoms with Crippen LogP contribution in [0.2, 0.25) is 0 Å². The second kappa shape index (κ2) is 7.22. The maximum absolute atomic E-state index is 13.2. The highest BCUT2D eigenvalue weighted by Gasteiger charge is 2.32. The summed E-state index contributed by atoms with van der Waals surface area (Å²) in [6.45, 7) is 0.447. The van der Waals surface area contributed by atoms with E-state index >= 15 is 0 Å². The third-order valence-electron chi connectivity index (χ3n) is 4.01. The van der Waals surface area contributed by atoms with E-state index in [1.165, 1.54) is 25.3 Å². The molecular weight excluding hydrogens is 360 g/mol. The first-order valence-corrected chi connectivity index (χ1v) is 9.30. The third-order valence-corrected chi connectivity index (χ3v) is 5.82. The summed E-state index contributed by atoms with van der Waals surface area (Å²) in [5, 5.41) is 9.00. The van der Waals surface area contributed by atoms with E-state index in [0.717, 1.165) is 4.31 Å². The number of amides is 1. The van der Waals surface area contributed by atoms with Crippen LogP contribution in [-0.4, -0.2) is 39.8 Å². The number of para-hydroxylation sites is 1. The van der Waals surface area contributed by atoms with Crippen LogP contribution in [0, 0.1) is 0 Å². The number of fused-ring (bicyclic) bond motifs is 1. The van der Waals surface area contributed by atoms with Gasteiger partial charge in [0.15, 0.2) is 0 Å². The number of carbonyl (C=O) groups excluding carboxylic acids is 1.